The van der Waals surface area contributed by atoms with E-state index >= 15 is 0 Å². The van der Waals surface area contributed by atoms with Crippen LogP contribution in [0.1, 0.15) is 26.7 Å². The second-order valence-electron chi connectivity index (χ2n) is 4.16. The minimum Gasteiger partial charge on any atom is -0.338 e. The Bertz CT molecular complexity index is 509. The van der Waals surface area contributed by atoms with E-state index in [1.54, 1.807) is 19.1 Å². The molecule has 2 amide bonds. The molecule has 0 unspecified atom stereocenters. The van der Waals surface area contributed by atoms with Gasteiger partial charge in [-0.25, -0.2) is 13.2 Å². The highest BCUT2D eigenvalue weighted by Crippen LogP contribution is 2.15. The third-order valence-corrected chi connectivity index (χ3v) is 4.42. The Morgan fingerprint density at radius 3 is 2.32 bits per heavy atom. The van der Waals surface area contributed by atoms with Crippen molar-refractivity contribution >= 4 is 21.6 Å². The molecule has 0 aromatic heterocycles. The first-order valence-corrected chi connectivity index (χ1v) is 8.02. The van der Waals surface area contributed by atoms with Crippen LogP contribution in [0, 0.1) is 0 Å². The maximum atomic E-state index is 11.6. The average Bonchev–Trinajstić information content (AvgIpc) is 2.39. The Labute approximate surface area is 114 Å². The van der Waals surface area contributed by atoms with Gasteiger partial charge in [-0.05, 0) is 30.7 Å². The fraction of sp³-hybridized carbons (Fsp3) is 0.462. The number of benzene rings is 1. The normalized spacial score (nSPS) is 11.1. The van der Waals surface area contributed by atoms with Gasteiger partial charge in [0.1, 0.15) is 0 Å². The van der Waals surface area contributed by atoms with Gasteiger partial charge in [0.05, 0.1) is 10.6 Å². The summed E-state index contributed by atoms with van der Waals surface area (Å²) in [6.45, 7) is 4.28. The molecule has 0 radical (unpaired) electrons. The van der Waals surface area contributed by atoms with Crippen molar-refractivity contribution < 1.29 is 13.2 Å². The minimum absolute atomic E-state index is 0.0667. The summed E-state index contributed by atoms with van der Waals surface area (Å²) in [5, 5.41) is 5.37. The molecular weight excluding hydrogens is 264 g/mol. The highest BCUT2D eigenvalue weighted by Gasteiger charge is 2.11. The zero-order chi connectivity index (χ0) is 14.3. The van der Waals surface area contributed by atoms with Crippen LogP contribution in [0.15, 0.2) is 29.2 Å². The van der Waals surface area contributed by atoms with Crippen LogP contribution in [0.3, 0.4) is 0 Å². The van der Waals surface area contributed by atoms with Gasteiger partial charge in [-0.1, -0.05) is 20.3 Å². The summed E-state index contributed by atoms with van der Waals surface area (Å²) >= 11 is 0. The van der Waals surface area contributed by atoms with Crippen LogP contribution >= 0.6 is 0 Å². The van der Waals surface area contributed by atoms with E-state index in [-0.39, 0.29) is 16.7 Å². The molecule has 5 nitrogen and oxygen atoms in total. The van der Waals surface area contributed by atoms with Crippen LogP contribution in [-0.4, -0.2) is 26.7 Å². The Balaban J connectivity index is 2.60. The van der Waals surface area contributed by atoms with E-state index in [0.29, 0.717) is 12.2 Å². The van der Waals surface area contributed by atoms with Crippen molar-refractivity contribution in [3.63, 3.8) is 0 Å². The number of anilines is 1. The molecule has 0 saturated carbocycles. The first-order valence-electron chi connectivity index (χ1n) is 6.37. The Hall–Kier alpha value is -1.56. The Kier molecular flexibility index (Phi) is 5.82. The summed E-state index contributed by atoms with van der Waals surface area (Å²) in [6.07, 6.45) is 1.95. The Morgan fingerprint density at radius 2 is 1.79 bits per heavy atom. The number of unbranched alkanes of at least 4 members (excludes halogenated alkanes) is 1. The molecule has 0 saturated heterocycles. The molecule has 2 N–H and O–H groups in total. The van der Waals surface area contributed by atoms with E-state index < -0.39 is 9.84 Å². The van der Waals surface area contributed by atoms with Crippen LogP contribution < -0.4 is 10.6 Å². The number of carbonyl (C=O) groups is 1. The SMILES string of the molecule is CCCCNC(=O)Nc1ccc(S(=O)(=O)CC)cc1. The van der Waals surface area contributed by atoms with Gasteiger partial charge in [-0.3, -0.25) is 0 Å². The summed E-state index contributed by atoms with van der Waals surface area (Å²) in [6, 6.07) is 5.89. The number of hydrogen-bond acceptors (Lipinski definition) is 3. The van der Waals surface area contributed by atoms with Crippen molar-refractivity contribution in [2.24, 2.45) is 0 Å². The van der Waals surface area contributed by atoms with Crippen LogP contribution in [-0.2, 0) is 9.84 Å². The summed E-state index contributed by atoms with van der Waals surface area (Å²) in [5.41, 5.74) is 0.573. The van der Waals surface area contributed by atoms with E-state index in [1.165, 1.54) is 12.1 Å². The molecule has 0 heterocycles. The highest BCUT2D eigenvalue weighted by atomic mass is 32.2. The molecule has 0 spiro atoms. The lowest BCUT2D eigenvalue weighted by Gasteiger charge is -2.08. The molecule has 0 bridgehead atoms. The van der Waals surface area contributed by atoms with Crippen molar-refractivity contribution in [2.75, 3.05) is 17.6 Å². The number of nitrogens with one attached hydrogen (secondary N) is 2. The molecule has 1 rings (SSSR count). The third kappa shape index (κ3) is 4.90. The van der Waals surface area contributed by atoms with Gasteiger partial charge in [-0.15, -0.1) is 0 Å². The van der Waals surface area contributed by atoms with Gasteiger partial charge in [0.2, 0.25) is 0 Å². The third-order valence-electron chi connectivity index (χ3n) is 2.67. The van der Waals surface area contributed by atoms with E-state index in [2.05, 4.69) is 10.6 Å². The summed E-state index contributed by atoms with van der Waals surface area (Å²) in [5.74, 6) is 0.0667. The molecule has 6 heteroatoms. The number of rotatable bonds is 6. The summed E-state index contributed by atoms with van der Waals surface area (Å²) in [7, 11) is -3.19. The first-order chi connectivity index (χ1) is 8.99. The van der Waals surface area contributed by atoms with E-state index in [9.17, 15) is 13.2 Å². The standard InChI is InChI=1S/C13H20N2O3S/c1-3-5-10-14-13(16)15-11-6-8-12(9-7-11)19(17,18)4-2/h6-9H,3-5,10H2,1-2H3,(H2,14,15,16). The Morgan fingerprint density at radius 1 is 1.16 bits per heavy atom. The van der Waals surface area contributed by atoms with Crippen LogP contribution in [0.2, 0.25) is 0 Å². The molecule has 19 heavy (non-hydrogen) atoms. The number of carbonyl (C=O) groups excluding carboxylic acids is 1. The molecule has 1 aromatic rings. The second-order valence-corrected chi connectivity index (χ2v) is 6.44. The molecule has 1 aromatic carbocycles. The molecular formula is C13H20N2O3S. The van der Waals surface area contributed by atoms with Crippen LogP contribution in [0.5, 0.6) is 0 Å². The fourth-order valence-electron chi connectivity index (χ4n) is 1.47. The fourth-order valence-corrected chi connectivity index (χ4v) is 2.35. The lowest BCUT2D eigenvalue weighted by Crippen LogP contribution is -2.29. The van der Waals surface area contributed by atoms with Gasteiger partial charge in [0.15, 0.2) is 9.84 Å². The molecule has 0 atom stereocenters. The smallest absolute Gasteiger partial charge is 0.319 e. The van der Waals surface area contributed by atoms with Crippen LogP contribution in [0.25, 0.3) is 0 Å². The van der Waals surface area contributed by atoms with Crippen molar-refractivity contribution in [2.45, 2.75) is 31.6 Å². The van der Waals surface area contributed by atoms with Gasteiger partial charge in [0, 0.05) is 12.2 Å². The van der Waals surface area contributed by atoms with E-state index in [1.807, 2.05) is 6.92 Å². The molecule has 0 aliphatic rings. The largest absolute Gasteiger partial charge is 0.338 e. The summed E-state index contributed by atoms with van der Waals surface area (Å²) in [4.78, 5) is 11.8. The topological polar surface area (TPSA) is 75.3 Å². The van der Waals surface area contributed by atoms with E-state index in [4.69, 9.17) is 0 Å². The van der Waals surface area contributed by atoms with Gasteiger partial charge < -0.3 is 10.6 Å². The maximum absolute atomic E-state index is 11.6. The lowest BCUT2D eigenvalue weighted by atomic mass is 10.3. The molecule has 0 aliphatic heterocycles. The number of sulfone groups is 1. The first kappa shape index (κ1) is 15.5. The predicted octanol–water partition coefficient (Wildman–Crippen LogP) is 2.40. The molecule has 0 fully saturated rings. The van der Waals surface area contributed by atoms with Crippen molar-refractivity contribution in [3.8, 4) is 0 Å². The zero-order valence-electron chi connectivity index (χ0n) is 11.3. The quantitative estimate of drug-likeness (QED) is 0.788. The molecule has 0 aliphatic carbocycles. The van der Waals surface area contributed by atoms with Crippen molar-refractivity contribution in [1.82, 2.24) is 5.32 Å². The predicted molar refractivity (Wildman–Crippen MR) is 76.1 cm³/mol. The number of urea groups is 1. The lowest BCUT2D eigenvalue weighted by molar-refractivity contribution is 0.252. The monoisotopic (exact) mass is 284 g/mol. The van der Waals surface area contributed by atoms with Gasteiger partial charge in [0.25, 0.3) is 0 Å². The highest BCUT2D eigenvalue weighted by molar-refractivity contribution is 7.91. The van der Waals surface area contributed by atoms with Gasteiger partial charge in [-0.2, -0.15) is 0 Å². The number of amides is 2. The maximum Gasteiger partial charge on any atom is 0.319 e. The van der Waals surface area contributed by atoms with Crippen LogP contribution in [0.4, 0.5) is 10.5 Å². The van der Waals surface area contributed by atoms with Crippen molar-refractivity contribution in [3.05, 3.63) is 24.3 Å². The van der Waals surface area contributed by atoms with Gasteiger partial charge >= 0.3 is 6.03 Å². The average molecular weight is 284 g/mol. The second kappa shape index (κ2) is 7.13. The zero-order valence-corrected chi connectivity index (χ0v) is 12.1. The number of hydrogen-bond donors (Lipinski definition) is 2. The van der Waals surface area contributed by atoms with E-state index in [0.717, 1.165) is 12.8 Å². The molecule has 106 valence electrons. The minimum atomic E-state index is -3.19. The van der Waals surface area contributed by atoms with Crippen molar-refractivity contribution in [1.29, 1.82) is 0 Å². The summed E-state index contributed by atoms with van der Waals surface area (Å²) < 4.78 is 23.2.